The van der Waals surface area contributed by atoms with Gasteiger partial charge in [-0.1, -0.05) is 36.4 Å². The molecule has 34 heavy (non-hydrogen) atoms. The van der Waals surface area contributed by atoms with E-state index >= 15 is 0 Å². The second kappa shape index (κ2) is 9.49. The Kier molecular flexibility index (Phi) is 6.10. The molecule has 0 unspecified atom stereocenters. The van der Waals surface area contributed by atoms with Gasteiger partial charge in [0.05, 0.1) is 24.2 Å². The Morgan fingerprint density at radius 2 is 1.59 bits per heavy atom. The summed E-state index contributed by atoms with van der Waals surface area (Å²) in [5, 5.41) is 0.720. The number of amides is 2. The fourth-order valence-corrected chi connectivity index (χ4v) is 4.75. The molecule has 5 rings (SSSR count). The van der Waals surface area contributed by atoms with E-state index in [4.69, 9.17) is 9.47 Å². The van der Waals surface area contributed by atoms with Crippen molar-refractivity contribution in [3.8, 4) is 11.5 Å². The van der Waals surface area contributed by atoms with Crippen LogP contribution in [0.1, 0.15) is 5.56 Å². The molecule has 0 saturated carbocycles. The van der Waals surface area contributed by atoms with Crippen LogP contribution in [0.2, 0.25) is 0 Å². The number of aromatic nitrogens is 1. The summed E-state index contributed by atoms with van der Waals surface area (Å²) < 4.78 is 13.2. The van der Waals surface area contributed by atoms with Crippen molar-refractivity contribution in [3.05, 3.63) is 95.5 Å². The van der Waals surface area contributed by atoms with Crippen LogP contribution in [0.4, 0.5) is 10.5 Å². The fraction of sp³-hybridized carbons (Fsp3) is 0.111. The number of nitrogens with zero attached hydrogens (tertiary/aromatic N) is 2. The molecule has 0 radical (unpaired) electrons. The maximum atomic E-state index is 13.0. The Balaban J connectivity index is 1.37. The Morgan fingerprint density at radius 3 is 2.35 bits per heavy atom. The van der Waals surface area contributed by atoms with Crippen LogP contribution in [0.5, 0.6) is 11.5 Å². The van der Waals surface area contributed by atoms with Gasteiger partial charge < -0.3 is 14.0 Å². The van der Waals surface area contributed by atoms with E-state index in [1.165, 1.54) is 4.90 Å². The predicted octanol–water partition coefficient (Wildman–Crippen LogP) is 5.97. The second-order valence-electron chi connectivity index (χ2n) is 7.67. The Morgan fingerprint density at radius 1 is 0.882 bits per heavy atom. The normalized spacial score (nSPS) is 14.9. The van der Waals surface area contributed by atoms with Gasteiger partial charge in [0, 0.05) is 22.7 Å². The number of imide groups is 1. The number of methoxy groups -OCH3 is 1. The smallest absolute Gasteiger partial charge is 0.298 e. The van der Waals surface area contributed by atoms with Crippen LogP contribution in [-0.4, -0.2) is 29.4 Å². The zero-order chi connectivity index (χ0) is 23.5. The maximum absolute atomic E-state index is 13.0. The molecule has 0 bridgehead atoms. The number of rotatable bonds is 7. The molecule has 170 valence electrons. The SMILES string of the molecule is COc1ccc(OCCn2cc(/C=C3\SC(=O)N(c4ccccc4)C3=O)c3ccccc32)cc1. The van der Waals surface area contributed by atoms with Crippen molar-refractivity contribution in [2.75, 3.05) is 18.6 Å². The van der Waals surface area contributed by atoms with Gasteiger partial charge in [-0.15, -0.1) is 0 Å². The average Bonchev–Trinajstić information content (AvgIpc) is 3.36. The number of thioether (sulfide) groups is 1. The number of benzene rings is 3. The van der Waals surface area contributed by atoms with Crippen LogP contribution >= 0.6 is 11.8 Å². The molecular formula is C27H22N2O4S. The second-order valence-corrected chi connectivity index (χ2v) is 8.66. The quantitative estimate of drug-likeness (QED) is 0.312. The van der Waals surface area contributed by atoms with Crippen molar-refractivity contribution in [1.29, 1.82) is 0 Å². The van der Waals surface area contributed by atoms with Gasteiger partial charge >= 0.3 is 0 Å². The minimum Gasteiger partial charge on any atom is -0.497 e. The minimum atomic E-state index is -0.305. The first kappa shape index (κ1) is 21.9. The van der Waals surface area contributed by atoms with Gasteiger partial charge in [0.15, 0.2) is 0 Å². The minimum absolute atomic E-state index is 0.293. The number of para-hydroxylation sites is 2. The molecule has 1 fully saturated rings. The summed E-state index contributed by atoms with van der Waals surface area (Å²) in [7, 11) is 1.63. The Hall–Kier alpha value is -3.97. The molecular weight excluding hydrogens is 448 g/mol. The Labute approximate surface area is 201 Å². The number of carbonyl (C=O) groups excluding carboxylic acids is 2. The van der Waals surface area contributed by atoms with Gasteiger partial charge in [0.2, 0.25) is 0 Å². The monoisotopic (exact) mass is 470 g/mol. The van der Waals surface area contributed by atoms with Crippen LogP contribution < -0.4 is 14.4 Å². The van der Waals surface area contributed by atoms with Gasteiger partial charge in [0.25, 0.3) is 11.1 Å². The fourth-order valence-electron chi connectivity index (χ4n) is 3.92. The molecule has 0 N–H and O–H groups in total. The molecule has 1 saturated heterocycles. The molecule has 4 aromatic rings. The van der Waals surface area contributed by atoms with Crippen LogP contribution in [0, 0.1) is 0 Å². The van der Waals surface area contributed by atoms with Crippen LogP contribution in [0.3, 0.4) is 0 Å². The first-order chi connectivity index (χ1) is 16.6. The summed E-state index contributed by atoms with van der Waals surface area (Å²) in [5.74, 6) is 1.25. The Bertz CT molecular complexity index is 1380. The van der Waals surface area contributed by atoms with E-state index in [-0.39, 0.29) is 11.1 Å². The first-order valence-corrected chi connectivity index (χ1v) is 11.6. The van der Waals surface area contributed by atoms with Gasteiger partial charge in [-0.3, -0.25) is 9.59 Å². The molecule has 0 aliphatic carbocycles. The summed E-state index contributed by atoms with van der Waals surface area (Å²) >= 11 is 0.962. The molecule has 6 nitrogen and oxygen atoms in total. The third kappa shape index (κ3) is 4.30. The molecule has 7 heteroatoms. The van der Waals surface area contributed by atoms with Crippen LogP contribution in [0.25, 0.3) is 17.0 Å². The summed E-state index contributed by atoms with van der Waals surface area (Å²) in [6.07, 6.45) is 3.80. The summed E-state index contributed by atoms with van der Waals surface area (Å²) in [6, 6.07) is 24.5. The van der Waals surface area contributed by atoms with Crippen LogP contribution in [-0.2, 0) is 11.3 Å². The van der Waals surface area contributed by atoms with Crippen molar-refractivity contribution < 1.29 is 19.1 Å². The van der Waals surface area contributed by atoms with Gasteiger partial charge in [-0.05, 0) is 60.3 Å². The number of anilines is 1. The number of hydrogen-bond donors (Lipinski definition) is 0. The highest BCUT2D eigenvalue weighted by molar-refractivity contribution is 8.19. The van der Waals surface area contributed by atoms with Gasteiger partial charge in [-0.2, -0.15) is 0 Å². The predicted molar refractivity (Wildman–Crippen MR) is 135 cm³/mol. The summed E-state index contributed by atoms with van der Waals surface area (Å²) in [6.45, 7) is 1.11. The van der Waals surface area contributed by atoms with Crippen molar-refractivity contribution >= 4 is 45.6 Å². The molecule has 2 amide bonds. The molecule has 3 aromatic carbocycles. The molecule has 1 aliphatic heterocycles. The standard InChI is InChI=1S/C27H22N2O4S/c1-32-21-11-13-22(14-12-21)33-16-15-28-18-19(23-9-5-6-10-24(23)28)17-25-26(30)29(27(31)34-25)20-7-3-2-4-8-20/h2-14,17-18H,15-16H2,1H3/b25-17-. The third-order valence-electron chi connectivity index (χ3n) is 5.57. The topological polar surface area (TPSA) is 60.8 Å². The lowest BCUT2D eigenvalue weighted by molar-refractivity contribution is -0.113. The van der Waals surface area contributed by atoms with Gasteiger partial charge in [0.1, 0.15) is 18.1 Å². The highest BCUT2D eigenvalue weighted by Gasteiger charge is 2.36. The lowest BCUT2D eigenvalue weighted by Gasteiger charge is -2.11. The molecule has 0 atom stereocenters. The highest BCUT2D eigenvalue weighted by Crippen LogP contribution is 2.36. The van der Waals surface area contributed by atoms with E-state index in [0.29, 0.717) is 23.7 Å². The largest absolute Gasteiger partial charge is 0.497 e. The summed E-state index contributed by atoms with van der Waals surface area (Å²) in [4.78, 5) is 27.2. The molecule has 2 heterocycles. The lowest BCUT2D eigenvalue weighted by Crippen LogP contribution is -2.27. The van der Waals surface area contributed by atoms with E-state index in [2.05, 4.69) is 4.57 Å². The first-order valence-electron chi connectivity index (χ1n) is 10.8. The number of hydrogen-bond acceptors (Lipinski definition) is 5. The third-order valence-corrected chi connectivity index (χ3v) is 6.44. The number of ether oxygens (including phenoxy) is 2. The van der Waals surface area contributed by atoms with E-state index in [0.717, 1.165) is 39.7 Å². The summed E-state index contributed by atoms with van der Waals surface area (Å²) in [5.41, 5.74) is 2.50. The van der Waals surface area contributed by atoms with E-state index in [1.807, 2.05) is 72.9 Å². The van der Waals surface area contributed by atoms with Crippen LogP contribution in [0.15, 0.2) is 90.0 Å². The van der Waals surface area contributed by atoms with Crippen molar-refractivity contribution in [1.82, 2.24) is 4.57 Å². The maximum Gasteiger partial charge on any atom is 0.298 e. The van der Waals surface area contributed by atoms with Crippen molar-refractivity contribution in [2.24, 2.45) is 0 Å². The van der Waals surface area contributed by atoms with E-state index < -0.39 is 0 Å². The van der Waals surface area contributed by atoms with E-state index in [1.54, 1.807) is 25.3 Å². The lowest BCUT2D eigenvalue weighted by atomic mass is 10.1. The van der Waals surface area contributed by atoms with Crippen molar-refractivity contribution in [3.63, 3.8) is 0 Å². The molecule has 1 aromatic heterocycles. The van der Waals surface area contributed by atoms with E-state index in [9.17, 15) is 9.59 Å². The molecule has 1 aliphatic rings. The zero-order valence-electron chi connectivity index (χ0n) is 18.5. The highest BCUT2D eigenvalue weighted by atomic mass is 32.2. The number of carbonyl (C=O) groups is 2. The van der Waals surface area contributed by atoms with Gasteiger partial charge in [-0.25, -0.2) is 4.90 Å². The zero-order valence-corrected chi connectivity index (χ0v) is 19.3. The molecule has 0 spiro atoms. The van der Waals surface area contributed by atoms with Crippen molar-refractivity contribution in [2.45, 2.75) is 6.54 Å². The number of fused-ring (bicyclic) bond motifs is 1. The average molecular weight is 471 g/mol.